The highest BCUT2D eigenvalue weighted by Crippen LogP contribution is 2.41. The smallest absolute Gasteiger partial charge is 0.253 e. The molecule has 0 radical (unpaired) electrons. The topological polar surface area (TPSA) is 74.0 Å². The quantitative estimate of drug-likeness (QED) is 0.772. The van der Waals surface area contributed by atoms with Crippen molar-refractivity contribution in [3.05, 3.63) is 42.0 Å². The summed E-state index contributed by atoms with van der Waals surface area (Å²) >= 11 is 0. The molecule has 0 aliphatic carbocycles. The molecule has 0 unspecified atom stereocenters. The Morgan fingerprint density at radius 2 is 1.55 bits per heavy atom. The average Bonchev–Trinajstić information content (AvgIpc) is 2.78. The number of amides is 1. The van der Waals surface area contributed by atoms with Gasteiger partial charge in [0.25, 0.3) is 5.91 Å². The van der Waals surface area contributed by atoms with Gasteiger partial charge in [-0.3, -0.25) is 4.79 Å². The standard InChI is InChI=1S/C23H30N2O4/c1-27-20-14-19(15-21(28-2)22(20)29-3)17-4-6-18(7-5-17)23(26)25-12-9-16(8-11-24)10-13-25/h4-7,14-16H,8-13,24H2,1-3H3. The zero-order valence-electron chi connectivity index (χ0n) is 17.4. The van der Waals surface area contributed by atoms with Crippen LogP contribution in [0.15, 0.2) is 36.4 Å². The van der Waals surface area contributed by atoms with Crippen molar-refractivity contribution in [1.82, 2.24) is 4.90 Å². The van der Waals surface area contributed by atoms with Crippen LogP contribution in [0.3, 0.4) is 0 Å². The minimum atomic E-state index is 0.0904. The molecule has 0 saturated carbocycles. The zero-order valence-corrected chi connectivity index (χ0v) is 17.4. The van der Waals surface area contributed by atoms with Crippen molar-refractivity contribution in [3.63, 3.8) is 0 Å². The summed E-state index contributed by atoms with van der Waals surface area (Å²) in [6.07, 6.45) is 3.12. The maximum atomic E-state index is 12.8. The Bertz CT molecular complexity index is 802. The van der Waals surface area contributed by atoms with E-state index in [0.29, 0.717) is 28.7 Å². The van der Waals surface area contributed by atoms with Gasteiger partial charge in [0.2, 0.25) is 5.75 Å². The molecule has 156 valence electrons. The molecular weight excluding hydrogens is 368 g/mol. The van der Waals surface area contributed by atoms with E-state index in [1.165, 1.54) is 0 Å². The monoisotopic (exact) mass is 398 g/mol. The van der Waals surface area contributed by atoms with Crippen molar-refractivity contribution in [2.24, 2.45) is 11.7 Å². The number of methoxy groups -OCH3 is 3. The molecule has 1 aliphatic rings. The number of carbonyl (C=O) groups is 1. The first kappa shape index (κ1) is 21.0. The van der Waals surface area contributed by atoms with E-state index in [-0.39, 0.29) is 5.91 Å². The second-order valence-corrected chi connectivity index (χ2v) is 7.30. The van der Waals surface area contributed by atoms with Crippen LogP contribution in [0.2, 0.25) is 0 Å². The van der Waals surface area contributed by atoms with Gasteiger partial charge >= 0.3 is 0 Å². The fraction of sp³-hybridized carbons (Fsp3) is 0.435. The van der Waals surface area contributed by atoms with Gasteiger partial charge in [0, 0.05) is 18.7 Å². The van der Waals surface area contributed by atoms with E-state index in [9.17, 15) is 4.79 Å². The molecule has 2 aromatic carbocycles. The van der Waals surface area contributed by atoms with Crippen LogP contribution in [0.5, 0.6) is 17.2 Å². The molecule has 2 aromatic rings. The Balaban J connectivity index is 1.76. The van der Waals surface area contributed by atoms with Crippen LogP contribution in [-0.2, 0) is 0 Å². The van der Waals surface area contributed by atoms with Crippen LogP contribution in [0, 0.1) is 5.92 Å². The fourth-order valence-electron chi connectivity index (χ4n) is 3.90. The molecule has 0 atom stereocenters. The van der Waals surface area contributed by atoms with Crippen LogP contribution < -0.4 is 19.9 Å². The minimum Gasteiger partial charge on any atom is -0.493 e. The van der Waals surface area contributed by atoms with Crippen LogP contribution in [0.1, 0.15) is 29.6 Å². The maximum absolute atomic E-state index is 12.8. The Labute approximate surface area is 172 Å². The SMILES string of the molecule is COc1cc(-c2ccc(C(=O)N3CCC(CCN)CC3)cc2)cc(OC)c1OC. The largest absolute Gasteiger partial charge is 0.493 e. The molecular formula is C23H30N2O4. The molecule has 1 heterocycles. The Hall–Kier alpha value is -2.73. The second-order valence-electron chi connectivity index (χ2n) is 7.30. The number of rotatable bonds is 7. The van der Waals surface area contributed by atoms with E-state index in [4.69, 9.17) is 19.9 Å². The van der Waals surface area contributed by atoms with Crippen LogP contribution in [0.4, 0.5) is 0 Å². The molecule has 1 aliphatic heterocycles. The lowest BCUT2D eigenvalue weighted by molar-refractivity contribution is 0.0688. The summed E-state index contributed by atoms with van der Waals surface area (Å²) in [5.74, 6) is 2.49. The maximum Gasteiger partial charge on any atom is 0.253 e. The molecule has 1 amide bonds. The van der Waals surface area contributed by atoms with Crippen molar-refractivity contribution in [2.45, 2.75) is 19.3 Å². The van der Waals surface area contributed by atoms with Gasteiger partial charge in [-0.25, -0.2) is 0 Å². The molecule has 2 N–H and O–H groups in total. The summed E-state index contributed by atoms with van der Waals surface area (Å²) in [5, 5.41) is 0. The van der Waals surface area contributed by atoms with Gasteiger partial charge in [-0.2, -0.15) is 0 Å². The van der Waals surface area contributed by atoms with Gasteiger partial charge in [-0.05, 0) is 67.1 Å². The van der Waals surface area contributed by atoms with Crippen LogP contribution in [-0.4, -0.2) is 51.8 Å². The molecule has 1 saturated heterocycles. The van der Waals surface area contributed by atoms with E-state index in [1.807, 2.05) is 41.3 Å². The minimum absolute atomic E-state index is 0.0904. The Morgan fingerprint density at radius 1 is 0.966 bits per heavy atom. The summed E-state index contributed by atoms with van der Waals surface area (Å²) < 4.78 is 16.3. The van der Waals surface area contributed by atoms with Crippen LogP contribution >= 0.6 is 0 Å². The zero-order chi connectivity index (χ0) is 20.8. The lowest BCUT2D eigenvalue weighted by atomic mass is 9.93. The molecule has 0 bridgehead atoms. The molecule has 6 heteroatoms. The summed E-state index contributed by atoms with van der Waals surface area (Å²) in [5.41, 5.74) is 8.27. The number of nitrogens with two attached hydrogens (primary N) is 1. The third-order valence-electron chi connectivity index (χ3n) is 5.61. The van der Waals surface area contributed by atoms with Crippen molar-refractivity contribution in [2.75, 3.05) is 41.0 Å². The van der Waals surface area contributed by atoms with E-state index in [0.717, 1.165) is 50.0 Å². The summed E-state index contributed by atoms with van der Waals surface area (Å²) in [4.78, 5) is 14.8. The van der Waals surface area contributed by atoms with E-state index < -0.39 is 0 Å². The van der Waals surface area contributed by atoms with Gasteiger partial charge in [0.1, 0.15) is 0 Å². The normalized spacial score (nSPS) is 14.6. The van der Waals surface area contributed by atoms with Crippen molar-refractivity contribution in [3.8, 4) is 28.4 Å². The average molecular weight is 399 g/mol. The number of piperidine rings is 1. The number of likely N-dealkylation sites (tertiary alicyclic amines) is 1. The Morgan fingerprint density at radius 3 is 2.03 bits per heavy atom. The van der Waals surface area contributed by atoms with E-state index >= 15 is 0 Å². The number of carbonyl (C=O) groups excluding carboxylic acids is 1. The Kier molecular flexibility index (Phi) is 6.99. The highest BCUT2D eigenvalue weighted by Gasteiger charge is 2.23. The molecule has 6 nitrogen and oxygen atoms in total. The summed E-state index contributed by atoms with van der Waals surface area (Å²) in [6, 6.07) is 11.5. The molecule has 29 heavy (non-hydrogen) atoms. The van der Waals surface area contributed by atoms with Crippen LogP contribution in [0.25, 0.3) is 11.1 Å². The van der Waals surface area contributed by atoms with E-state index in [1.54, 1.807) is 21.3 Å². The molecule has 1 fully saturated rings. The number of hydrogen-bond donors (Lipinski definition) is 1. The highest BCUT2D eigenvalue weighted by atomic mass is 16.5. The van der Waals surface area contributed by atoms with Gasteiger partial charge < -0.3 is 24.8 Å². The predicted octanol–water partition coefficient (Wildman–Crippen LogP) is 3.58. The van der Waals surface area contributed by atoms with Gasteiger partial charge in [-0.15, -0.1) is 0 Å². The van der Waals surface area contributed by atoms with Crippen molar-refractivity contribution < 1.29 is 19.0 Å². The van der Waals surface area contributed by atoms with Gasteiger partial charge in [-0.1, -0.05) is 12.1 Å². The first-order chi connectivity index (χ1) is 14.1. The van der Waals surface area contributed by atoms with E-state index in [2.05, 4.69) is 0 Å². The highest BCUT2D eigenvalue weighted by molar-refractivity contribution is 5.94. The third kappa shape index (κ3) is 4.65. The van der Waals surface area contributed by atoms with Gasteiger partial charge in [0.05, 0.1) is 21.3 Å². The second kappa shape index (κ2) is 9.65. The first-order valence-electron chi connectivity index (χ1n) is 10.0. The van der Waals surface area contributed by atoms with Crippen molar-refractivity contribution >= 4 is 5.91 Å². The lowest BCUT2D eigenvalue weighted by Gasteiger charge is -2.32. The number of nitrogens with zero attached hydrogens (tertiary/aromatic N) is 1. The fourth-order valence-corrected chi connectivity index (χ4v) is 3.90. The molecule has 3 rings (SSSR count). The molecule has 0 spiro atoms. The lowest BCUT2D eigenvalue weighted by Crippen LogP contribution is -2.38. The number of ether oxygens (including phenoxy) is 3. The van der Waals surface area contributed by atoms with Gasteiger partial charge in [0.15, 0.2) is 11.5 Å². The van der Waals surface area contributed by atoms with Crippen molar-refractivity contribution in [1.29, 1.82) is 0 Å². The number of benzene rings is 2. The predicted molar refractivity (Wildman–Crippen MR) is 114 cm³/mol. The number of hydrogen-bond acceptors (Lipinski definition) is 5. The third-order valence-corrected chi connectivity index (χ3v) is 5.61. The summed E-state index contributed by atoms with van der Waals surface area (Å²) in [7, 11) is 4.78. The first-order valence-corrected chi connectivity index (χ1v) is 10.0. The molecule has 0 aromatic heterocycles. The summed E-state index contributed by atoms with van der Waals surface area (Å²) in [6.45, 7) is 2.33.